The standard InChI is InChI=1S/C15H15N3O2/c19-14(20)11-6-13(7-11)18-15-16-8-12(9-17-15)10-4-2-1-3-5-10/h1-5,8-9,11,13H,6-7H2,(H,19,20)(H,16,17,18). The van der Waals surface area contributed by atoms with Gasteiger partial charge in [0.05, 0.1) is 5.92 Å². The van der Waals surface area contributed by atoms with E-state index >= 15 is 0 Å². The molecule has 0 aliphatic heterocycles. The summed E-state index contributed by atoms with van der Waals surface area (Å²) in [5.74, 6) is -0.391. The molecule has 3 rings (SSSR count). The van der Waals surface area contributed by atoms with Crippen LogP contribution < -0.4 is 5.32 Å². The van der Waals surface area contributed by atoms with Crippen molar-refractivity contribution in [1.82, 2.24) is 9.97 Å². The van der Waals surface area contributed by atoms with Crippen molar-refractivity contribution in [1.29, 1.82) is 0 Å². The van der Waals surface area contributed by atoms with Gasteiger partial charge in [-0.25, -0.2) is 9.97 Å². The van der Waals surface area contributed by atoms with Crippen molar-refractivity contribution < 1.29 is 9.90 Å². The second-order valence-corrected chi connectivity index (χ2v) is 5.01. The topological polar surface area (TPSA) is 75.1 Å². The summed E-state index contributed by atoms with van der Waals surface area (Å²) in [5.41, 5.74) is 2.04. The molecule has 0 atom stereocenters. The lowest BCUT2D eigenvalue weighted by Gasteiger charge is -2.32. The molecular formula is C15H15N3O2. The highest BCUT2D eigenvalue weighted by Crippen LogP contribution is 2.29. The van der Waals surface area contributed by atoms with Gasteiger partial charge in [0.15, 0.2) is 0 Å². The summed E-state index contributed by atoms with van der Waals surface area (Å²) in [6.07, 6.45) is 4.83. The Morgan fingerprint density at radius 2 is 1.75 bits per heavy atom. The quantitative estimate of drug-likeness (QED) is 0.891. The van der Waals surface area contributed by atoms with Crippen LogP contribution in [0.4, 0.5) is 5.95 Å². The number of hydrogen-bond acceptors (Lipinski definition) is 4. The van der Waals surface area contributed by atoms with Crippen LogP contribution in [0.15, 0.2) is 42.7 Å². The van der Waals surface area contributed by atoms with Crippen LogP contribution in [-0.2, 0) is 4.79 Å². The SMILES string of the molecule is O=C(O)C1CC(Nc2ncc(-c3ccccc3)cn2)C1. The number of nitrogens with zero attached hydrogens (tertiary/aromatic N) is 2. The number of benzene rings is 1. The average Bonchev–Trinajstić information content (AvgIpc) is 2.43. The number of carboxylic acids is 1. The maximum Gasteiger partial charge on any atom is 0.306 e. The van der Waals surface area contributed by atoms with E-state index in [0.29, 0.717) is 18.8 Å². The van der Waals surface area contributed by atoms with Gasteiger partial charge in [-0.15, -0.1) is 0 Å². The lowest BCUT2D eigenvalue weighted by atomic mass is 9.80. The maximum absolute atomic E-state index is 10.7. The first-order chi connectivity index (χ1) is 9.72. The molecule has 0 unspecified atom stereocenters. The van der Waals surface area contributed by atoms with E-state index in [0.717, 1.165) is 11.1 Å². The Morgan fingerprint density at radius 1 is 1.10 bits per heavy atom. The van der Waals surface area contributed by atoms with Gasteiger partial charge in [0.1, 0.15) is 0 Å². The summed E-state index contributed by atoms with van der Waals surface area (Å²) in [7, 11) is 0. The van der Waals surface area contributed by atoms with Gasteiger partial charge >= 0.3 is 5.97 Å². The molecule has 1 aromatic heterocycles. The molecule has 1 saturated carbocycles. The molecule has 1 aliphatic carbocycles. The second-order valence-electron chi connectivity index (χ2n) is 5.01. The smallest absolute Gasteiger partial charge is 0.306 e. The van der Waals surface area contributed by atoms with Crippen LogP contribution in [0.5, 0.6) is 0 Å². The minimum atomic E-state index is -0.719. The molecule has 2 N–H and O–H groups in total. The molecule has 1 fully saturated rings. The number of aliphatic carboxylic acids is 1. The summed E-state index contributed by atoms with van der Waals surface area (Å²) in [5, 5.41) is 12.0. The first-order valence-corrected chi connectivity index (χ1v) is 6.59. The lowest BCUT2D eigenvalue weighted by Crippen LogP contribution is -2.39. The molecule has 1 heterocycles. The average molecular weight is 269 g/mol. The summed E-state index contributed by atoms with van der Waals surface area (Å²) in [6.45, 7) is 0. The summed E-state index contributed by atoms with van der Waals surface area (Å²) in [4.78, 5) is 19.3. The van der Waals surface area contributed by atoms with E-state index in [-0.39, 0.29) is 12.0 Å². The number of carbonyl (C=O) groups is 1. The molecule has 102 valence electrons. The van der Waals surface area contributed by atoms with Crippen molar-refractivity contribution in [3.05, 3.63) is 42.7 Å². The van der Waals surface area contributed by atoms with Gasteiger partial charge in [-0.1, -0.05) is 30.3 Å². The van der Waals surface area contributed by atoms with Crippen molar-refractivity contribution in [3.63, 3.8) is 0 Å². The third-order valence-electron chi connectivity index (χ3n) is 3.58. The van der Waals surface area contributed by atoms with Gasteiger partial charge in [-0.2, -0.15) is 0 Å². The van der Waals surface area contributed by atoms with E-state index in [1.807, 2.05) is 30.3 Å². The van der Waals surface area contributed by atoms with Gasteiger partial charge < -0.3 is 10.4 Å². The third-order valence-corrected chi connectivity index (χ3v) is 3.58. The Balaban J connectivity index is 1.62. The number of anilines is 1. The van der Waals surface area contributed by atoms with E-state index in [2.05, 4.69) is 15.3 Å². The van der Waals surface area contributed by atoms with E-state index in [1.54, 1.807) is 12.4 Å². The van der Waals surface area contributed by atoms with E-state index in [4.69, 9.17) is 5.11 Å². The van der Waals surface area contributed by atoms with E-state index in [9.17, 15) is 4.79 Å². The van der Waals surface area contributed by atoms with Crippen molar-refractivity contribution in [2.45, 2.75) is 18.9 Å². The predicted molar refractivity (Wildman–Crippen MR) is 75.2 cm³/mol. The zero-order valence-electron chi connectivity index (χ0n) is 10.9. The van der Waals surface area contributed by atoms with Gasteiger partial charge in [-0.3, -0.25) is 4.79 Å². The number of rotatable bonds is 4. The highest BCUT2D eigenvalue weighted by molar-refractivity contribution is 5.71. The Bertz CT molecular complexity index is 592. The molecule has 0 saturated heterocycles. The molecule has 0 radical (unpaired) electrons. The van der Waals surface area contributed by atoms with Crippen molar-refractivity contribution >= 4 is 11.9 Å². The van der Waals surface area contributed by atoms with Crippen LogP contribution in [-0.4, -0.2) is 27.1 Å². The van der Waals surface area contributed by atoms with Crippen LogP contribution in [0.2, 0.25) is 0 Å². The van der Waals surface area contributed by atoms with Gasteiger partial charge in [0.2, 0.25) is 5.95 Å². The second kappa shape index (κ2) is 5.28. The largest absolute Gasteiger partial charge is 0.481 e. The van der Waals surface area contributed by atoms with Crippen LogP contribution in [0.1, 0.15) is 12.8 Å². The Morgan fingerprint density at radius 3 is 2.35 bits per heavy atom. The fourth-order valence-corrected chi connectivity index (χ4v) is 2.30. The van der Waals surface area contributed by atoms with Crippen LogP contribution >= 0.6 is 0 Å². The predicted octanol–water partition coefficient (Wildman–Crippen LogP) is 2.42. The minimum Gasteiger partial charge on any atom is -0.481 e. The zero-order valence-corrected chi connectivity index (χ0v) is 10.9. The Labute approximate surface area is 116 Å². The number of carboxylic acid groups (broad SMARTS) is 1. The van der Waals surface area contributed by atoms with Crippen LogP contribution in [0, 0.1) is 5.92 Å². The monoisotopic (exact) mass is 269 g/mol. The first-order valence-electron chi connectivity index (χ1n) is 6.59. The molecule has 5 nitrogen and oxygen atoms in total. The Kier molecular flexibility index (Phi) is 3.33. The van der Waals surface area contributed by atoms with Crippen molar-refractivity contribution in [3.8, 4) is 11.1 Å². The van der Waals surface area contributed by atoms with E-state index < -0.39 is 5.97 Å². The van der Waals surface area contributed by atoms with Gasteiger partial charge in [0.25, 0.3) is 0 Å². The minimum absolute atomic E-state index is 0.165. The highest BCUT2D eigenvalue weighted by Gasteiger charge is 2.34. The normalized spacial score (nSPS) is 21.0. The molecule has 1 aromatic carbocycles. The van der Waals surface area contributed by atoms with Crippen molar-refractivity contribution in [2.75, 3.05) is 5.32 Å². The molecule has 20 heavy (non-hydrogen) atoms. The van der Waals surface area contributed by atoms with Crippen molar-refractivity contribution in [2.24, 2.45) is 5.92 Å². The lowest BCUT2D eigenvalue weighted by molar-refractivity contribution is -0.144. The fraction of sp³-hybridized carbons (Fsp3) is 0.267. The molecule has 0 bridgehead atoms. The van der Waals surface area contributed by atoms with Crippen LogP contribution in [0.3, 0.4) is 0 Å². The zero-order chi connectivity index (χ0) is 13.9. The number of nitrogens with one attached hydrogen (secondary N) is 1. The highest BCUT2D eigenvalue weighted by atomic mass is 16.4. The maximum atomic E-state index is 10.7. The molecular weight excluding hydrogens is 254 g/mol. The van der Waals surface area contributed by atoms with E-state index in [1.165, 1.54) is 0 Å². The Hall–Kier alpha value is -2.43. The molecule has 5 heteroatoms. The summed E-state index contributed by atoms with van der Waals surface area (Å²) >= 11 is 0. The summed E-state index contributed by atoms with van der Waals surface area (Å²) < 4.78 is 0. The van der Waals surface area contributed by atoms with Gasteiger partial charge in [-0.05, 0) is 18.4 Å². The van der Waals surface area contributed by atoms with Gasteiger partial charge in [0, 0.05) is 24.0 Å². The molecule has 2 aromatic rings. The molecule has 1 aliphatic rings. The first kappa shape index (κ1) is 12.6. The third kappa shape index (κ3) is 2.61. The number of aromatic nitrogens is 2. The summed E-state index contributed by atoms with van der Waals surface area (Å²) in [6, 6.07) is 10.1. The fourth-order valence-electron chi connectivity index (χ4n) is 2.30. The number of hydrogen-bond donors (Lipinski definition) is 2. The molecule has 0 amide bonds. The van der Waals surface area contributed by atoms with Crippen LogP contribution in [0.25, 0.3) is 11.1 Å². The molecule has 0 spiro atoms.